The van der Waals surface area contributed by atoms with Crippen LogP contribution in [-0.2, 0) is 11.3 Å². The van der Waals surface area contributed by atoms with Gasteiger partial charge in [-0.05, 0) is 83.2 Å². The molecule has 0 saturated carbocycles. The summed E-state index contributed by atoms with van der Waals surface area (Å²) in [5.74, 6) is 0. The van der Waals surface area contributed by atoms with Crippen LogP contribution < -0.4 is 10.9 Å². The molecule has 0 spiro atoms. The lowest BCUT2D eigenvalue weighted by Crippen LogP contribution is -2.44. The molecule has 6 nitrogen and oxygen atoms in total. The Morgan fingerprint density at radius 2 is 2.07 bits per heavy atom. The maximum atomic E-state index is 12.8. The number of nitrogens with zero attached hydrogens (tertiary/aromatic N) is 2. The van der Waals surface area contributed by atoms with E-state index in [1.165, 1.54) is 0 Å². The van der Waals surface area contributed by atoms with Gasteiger partial charge in [0.25, 0.3) is 5.56 Å². The van der Waals surface area contributed by atoms with Crippen LogP contribution in [0, 0.1) is 13.8 Å². The van der Waals surface area contributed by atoms with Gasteiger partial charge in [0.1, 0.15) is 0 Å². The molecule has 1 aromatic carbocycles. The van der Waals surface area contributed by atoms with Crippen LogP contribution in [0.2, 0.25) is 0 Å². The second-order valence-corrected chi connectivity index (χ2v) is 8.90. The maximum absolute atomic E-state index is 12.8. The molecule has 1 aromatic heterocycles. The van der Waals surface area contributed by atoms with Gasteiger partial charge in [-0.2, -0.15) is 0 Å². The fourth-order valence-corrected chi connectivity index (χ4v) is 4.14. The lowest BCUT2D eigenvalue weighted by atomic mass is 10.0. The van der Waals surface area contributed by atoms with Crippen molar-refractivity contribution in [3.05, 3.63) is 45.2 Å². The van der Waals surface area contributed by atoms with Crippen molar-refractivity contribution < 1.29 is 4.74 Å². The van der Waals surface area contributed by atoms with E-state index in [1.54, 1.807) is 0 Å². The molecular formula is C23H34N4O2S. The molecule has 0 unspecified atom stereocenters. The number of thiocarbonyl (C=S) groups is 1. The van der Waals surface area contributed by atoms with Gasteiger partial charge in [-0.25, -0.2) is 0 Å². The Bertz CT molecular complexity index is 935. The lowest BCUT2D eigenvalue weighted by Gasteiger charge is -2.28. The fraction of sp³-hybridized carbons (Fsp3) is 0.565. The first-order chi connectivity index (χ1) is 14.3. The van der Waals surface area contributed by atoms with Gasteiger partial charge in [0.15, 0.2) is 5.11 Å². The third-order valence-corrected chi connectivity index (χ3v) is 6.08. The number of pyridine rings is 1. The average molecular weight is 431 g/mol. The molecule has 1 saturated heterocycles. The van der Waals surface area contributed by atoms with Crippen LogP contribution in [0.3, 0.4) is 0 Å². The molecule has 1 aliphatic rings. The highest BCUT2D eigenvalue weighted by Crippen LogP contribution is 2.21. The van der Waals surface area contributed by atoms with Crippen molar-refractivity contribution in [2.45, 2.75) is 45.8 Å². The number of aromatic nitrogens is 1. The Morgan fingerprint density at radius 3 is 2.77 bits per heavy atom. The van der Waals surface area contributed by atoms with Crippen LogP contribution in [0.5, 0.6) is 0 Å². The Hall–Kier alpha value is -1.96. The predicted molar refractivity (Wildman–Crippen MR) is 127 cm³/mol. The summed E-state index contributed by atoms with van der Waals surface area (Å²) in [5, 5.41) is 5.15. The van der Waals surface area contributed by atoms with Gasteiger partial charge in [0.2, 0.25) is 0 Å². The SMILES string of the molecule is Cc1ccc(C)c2[nH]c(=O)c(CN(C[C@H]3CCCO3)C(=S)NCCCN(C)C)cc12. The number of H-pyrrole nitrogens is 1. The molecule has 1 fully saturated rings. The average Bonchev–Trinajstić information content (AvgIpc) is 3.21. The van der Waals surface area contributed by atoms with Crippen LogP contribution in [0.1, 0.15) is 36.0 Å². The monoisotopic (exact) mass is 430 g/mol. The van der Waals surface area contributed by atoms with Crippen LogP contribution in [0.25, 0.3) is 10.9 Å². The molecular weight excluding hydrogens is 396 g/mol. The maximum Gasteiger partial charge on any atom is 0.253 e. The topological polar surface area (TPSA) is 60.6 Å². The minimum atomic E-state index is -0.0519. The number of nitrogens with one attached hydrogen (secondary N) is 2. The summed E-state index contributed by atoms with van der Waals surface area (Å²) in [5.41, 5.74) is 3.83. The second kappa shape index (κ2) is 10.4. The molecule has 1 atom stereocenters. The summed E-state index contributed by atoms with van der Waals surface area (Å²) in [7, 11) is 4.13. The highest BCUT2D eigenvalue weighted by atomic mass is 32.1. The number of benzene rings is 1. The highest BCUT2D eigenvalue weighted by Gasteiger charge is 2.22. The van der Waals surface area contributed by atoms with E-state index in [0.29, 0.717) is 18.2 Å². The zero-order valence-corrected chi connectivity index (χ0v) is 19.4. The first kappa shape index (κ1) is 22.7. The molecule has 0 bridgehead atoms. The standard InChI is InChI=1S/C23H34N4O2S/c1-16-8-9-17(2)21-20(16)13-18(22(28)25-21)14-27(15-19-7-5-12-29-19)23(30)24-10-6-11-26(3)4/h8-9,13,19H,5-7,10-12,14-15H2,1-4H3,(H,24,30)(H,25,28)/t19-/m1/s1. The molecule has 2 aromatic rings. The Morgan fingerprint density at radius 1 is 1.30 bits per heavy atom. The third kappa shape index (κ3) is 5.80. The van der Waals surface area contributed by atoms with Crippen molar-refractivity contribution >= 4 is 28.2 Å². The van der Waals surface area contributed by atoms with Crippen molar-refractivity contribution in [3.8, 4) is 0 Å². The normalized spacial score (nSPS) is 16.4. The summed E-state index contributed by atoms with van der Waals surface area (Å²) in [6, 6.07) is 6.16. The van der Waals surface area contributed by atoms with E-state index in [4.69, 9.17) is 17.0 Å². The summed E-state index contributed by atoms with van der Waals surface area (Å²) < 4.78 is 5.84. The van der Waals surface area contributed by atoms with Crippen molar-refractivity contribution in [1.29, 1.82) is 0 Å². The number of ether oxygens (including phenoxy) is 1. The molecule has 3 rings (SSSR count). The minimum Gasteiger partial charge on any atom is -0.376 e. The minimum absolute atomic E-state index is 0.0519. The predicted octanol–water partition coefficient (Wildman–Crippen LogP) is 2.95. The largest absolute Gasteiger partial charge is 0.376 e. The van der Waals surface area contributed by atoms with Gasteiger partial charge in [0, 0.05) is 30.6 Å². The van der Waals surface area contributed by atoms with Gasteiger partial charge in [0.05, 0.1) is 18.2 Å². The zero-order chi connectivity index (χ0) is 21.7. The molecule has 1 aliphatic heterocycles. The van der Waals surface area contributed by atoms with Gasteiger partial charge in [-0.1, -0.05) is 12.1 Å². The number of aryl methyl sites for hydroxylation is 2. The molecule has 0 radical (unpaired) electrons. The number of hydrogen-bond donors (Lipinski definition) is 2. The van der Waals surface area contributed by atoms with Crippen molar-refractivity contribution in [1.82, 2.24) is 20.1 Å². The lowest BCUT2D eigenvalue weighted by molar-refractivity contribution is 0.0897. The number of fused-ring (bicyclic) bond motifs is 1. The summed E-state index contributed by atoms with van der Waals surface area (Å²) in [6.45, 7) is 7.88. The van der Waals surface area contributed by atoms with Crippen molar-refractivity contribution in [2.75, 3.05) is 40.3 Å². The summed E-state index contributed by atoms with van der Waals surface area (Å²) in [4.78, 5) is 20.2. The number of rotatable bonds is 8. The Kier molecular flexibility index (Phi) is 7.86. The second-order valence-electron chi connectivity index (χ2n) is 8.52. The quantitative estimate of drug-likeness (QED) is 0.496. The number of aromatic amines is 1. The fourth-order valence-electron chi connectivity index (χ4n) is 3.90. The smallest absolute Gasteiger partial charge is 0.253 e. The Labute approximate surface area is 184 Å². The Balaban J connectivity index is 1.79. The first-order valence-corrected chi connectivity index (χ1v) is 11.2. The molecule has 2 N–H and O–H groups in total. The van der Waals surface area contributed by atoms with E-state index in [9.17, 15) is 4.79 Å². The van der Waals surface area contributed by atoms with E-state index in [1.807, 2.05) is 19.1 Å². The zero-order valence-electron chi connectivity index (χ0n) is 18.6. The van der Waals surface area contributed by atoms with Crippen LogP contribution in [0.15, 0.2) is 23.0 Å². The molecule has 0 amide bonds. The molecule has 164 valence electrons. The van der Waals surface area contributed by atoms with E-state index in [0.717, 1.165) is 66.6 Å². The van der Waals surface area contributed by atoms with Crippen molar-refractivity contribution in [3.63, 3.8) is 0 Å². The van der Waals surface area contributed by atoms with Gasteiger partial charge in [-0.3, -0.25) is 4.79 Å². The van der Waals surface area contributed by atoms with Gasteiger partial charge in [-0.15, -0.1) is 0 Å². The van der Waals surface area contributed by atoms with Crippen LogP contribution in [-0.4, -0.2) is 66.3 Å². The molecule has 30 heavy (non-hydrogen) atoms. The van der Waals surface area contributed by atoms with E-state index in [-0.39, 0.29) is 11.7 Å². The van der Waals surface area contributed by atoms with Crippen molar-refractivity contribution in [2.24, 2.45) is 0 Å². The highest BCUT2D eigenvalue weighted by molar-refractivity contribution is 7.80. The van der Waals surface area contributed by atoms with E-state index >= 15 is 0 Å². The molecule has 0 aliphatic carbocycles. The van der Waals surface area contributed by atoms with E-state index in [2.05, 4.69) is 47.2 Å². The summed E-state index contributed by atoms with van der Waals surface area (Å²) >= 11 is 5.71. The molecule has 2 heterocycles. The third-order valence-electron chi connectivity index (χ3n) is 5.68. The molecule has 7 heteroatoms. The van der Waals surface area contributed by atoms with Gasteiger partial charge < -0.3 is 24.8 Å². The van der Waals surface area contributed by atoms with Crippen LogP contribution >= 0.6 is 12.2 Å². The van der Waals surface area contributed by atoms with Crippen LogP contribution in [0.4, 0.5) is 0 Å². The van der Waals surface area contributed by atoms with Gasteiger partial charge >= 0.3 is 0 Å². The summed E-state index contributed by atoms with van der Waals surface area (Å²) in [6.07, 6.45) is 3.29. The first-order valence-electron chi connectivity index (χ1n) is 10.8. The number of hydrogen-bond acceptors (Lipinski definition) is 4. The van der Waals surface area contributed by atoms with E-state index < -0.39 is 0 Å².